The molecule has 0 bridgehead atoms. The highest BCUT2D eigenvalue weighted by molar-refractivity contribution is 7.98. The number of aryl methyl sites for hydroxylation is 2. The van der Waals surface area contributed by atoms with E-state index in [0.717, 1.165) is 16.2 Å². The number of aromatic nitrogens is 4. The van der Waals surface area contributed by atoms with Gasteiger partial charge in [-0.05, 0) is 36.8 Å². The van der Waals surface area contributed by atoms with Gasteiger partial charge < -0.3 is 14.8 Å². The van der Waals surface area contributed by atoms with E-state index < -0.39 is 5.82 Å². The molecule has 0 aliphatic heterocycles. The molecule has 2 N–H and O–H groups in total. The minimum absolute atomic E-state index is 0.117. The number of carbonyl (C=O) groups excluding carboxylic acids is 1. The van der Waals surface area contributed by atoms with Crippen molar-refractivity contribution in [1.29, 1.82) is 0 Å². The Morgan fingerprint density at radius 1 is 1.24 bits per heavy atom. The monoisotopic (exact) mass is 411 g/mol. The maximum Gasteiger partial charge on any atom is 0.227 e. The zero-order valence-electron chi connectivity index (χ0n) is 15.6. The zero-order chi connectivity index (χ0) is 20.2. The van der Waals surface area contributed by atoms with Crippen molar-refractivity contribution in [2.45, 2.75) is 30.7 Å². The first kappa shape index (κ1) is 19.1. The van der Waals surface area contributed by atoms with Gasteiger partial charge in [0.25, 0.3) is 0 Å². The number of aromatic amines is 1. The van der Waals surface area contributed by atoms with Crippen molar-refractivity contribution in [3.05, 3.63) is 65.6 Å². The first-order chi connectivity index (χ1) is 14.1. The summed E-state index contributed by atoms with van der Waals surface area (Å²) in [4.78, 5) is 24.1. The molecule has 2 aromatic heterocycles. The van der Waals surface area contributed by atoms with Crippen molar-refractivity contribution >= 4 is 34.4 Å². The largest absolute Gasteiger partial charge is 0.339 e. The Hall–Kier alpha value is -3.20. The molecule has 4 rings (SSSR count). The molecule has 0 unspecified atom stereocenters. The number of H-pyrrole nitrogens is 1. The van der Waals surface area contributed by atoms with E-state index in [-0.39, 0.29) is 24.4 Å². The average molecular weight is 411 g/mol. The Bertz CT molecular complexity index is 1160. The summed E-state index contributed by atoms with van der Waals surface area (Å²) in [5.74, 6) is 0.588. The molecule has 2 heterocycles. The van der Waals surface area contributed by atoms with Gasteiger partial charge in [-0.2, -0.15) is 4.98 Å². The van der Waals surface area contributed by atoms with Gasteiger partial charge in [0, 0.05) is 12.8 Å². The number of amides is 1. The molecular formula is C20H18FN5O2S. The van der Waals surface area contributed by atoms with Crippen molar-refractivity contribution in [2.24, 2.45) is 0 Å². The lowest BCUT2D eigenvalue weighted by molar-refractivity contribution is -0.116. The fourth-order valence-electron chi connectivity index (χ4n) is 2.75. The Kier molecular flexibility index (Phi) is 5.57. The van der Waals surface area contributed by atoms with Crippen molar-refractivity contribution in [2.75, 3.05) is 5.32 Å². The number of para-hydroxylation sites is 1. The van der Waals surface area contributed by atoms with Gasteiger partial charge >= 0.3 is 0 Å². The number of hydrogen-bond donors (Lipinski definition) is 2. The van der Waals surface area contributed by atoms with Gasteiger partial charge in [0.2, 0.25) is 11.8 Å². The van der Waals surface area contributed by atoms with Crippen molar-refractivity contribution in [3.8, 4) is 0 Å². The number of fused-ring (bicyclic) bond motifs is 1. The van der Waals surface area contributed by atoms with Gasteiger partial charge in [-0.1, -0.05) is 35.1 Å². The average Bonchev–Trinajstić information content (AvgIpc) is 3.32. The fraction of sp³-hybridized carbons (Fsp3) is 0.200. The number of rotatable bonds is 7. The Morgan fingerprint density at radius 2 is 2.10 bits per heavy atom. The van der Waals surface area contributed by atoms with Crippen LogP contribution in [0.5, 0.6) is 0 Å². The summed E-state index contributed by atoms with van der Waals surface area (Å²) in [5.41, 5.74) is 3.22. The second-order valence-corrected chi connectivity index (χ2v) is 7.45. The van der Waals surface area contributed by atoms with Crippen LogP contribution in [0.25, 0.3) is 11.0 Å². The SMILES string of the molecule is Cc1ccc2nc(SCc3noc(CCC(=O)Nc4ccccc4F)n3)[nH]c2c1. The van der Waals surface area contributed by atoms with Crippen molar-refractivity contribution in [1.82, 2.24) is 20.1 Å². The molecule has 0 radical (unpaired) electrons. The highest BCUT2D eigenvalue weighted by Gasteiger charge is 2.12. The predicted molar refractivity (Wildman–Crippen MR) is 108 cm³/mol. The van der Waals surface area contributed by atoms with Gasteiger partial charge in [-0.15, -0.1) is 0 Å². The number of anilines is 1. The zero-order valence-corrected chi connectivity index (χ0v) is 16.4. The molecule has 7 nitrogen and oxygen atoms in total. The van der Waals surface area contributed by atoms with E-state index in [9.17, 15) is 9.18 Å². The summed E-state index contributed by atoms with van der Waals surface area (Å²) >= 11 is 1.47. The van der Waals surface area contributed by atoms with E-state index in [1.54, 1.807) is 12.1 Å². The number of carbonyl (C=O) groups is 1. The minimum Gasteiger partial charge on any atom is -0.339 e. The maximum absolute atomic E-state index is 13.6. The quantitative estimate of drug-likeness (QED) is 0.441. The summed E-state index contributed by atoms with van der Waals surface area (Å²) in [7, 11) is 0. The molecule has 29 heavy (non-hydrogen) atoms. The molecule has 2 aromatic carbocycles. The van der Waals surface area contributed by atoms with Gasteiger partial charge in [0.15, 0.2) is 11.0 Å². The lowest BCUT2D eigenvalue weighted by Gasteiger charge is -2.04. The third-order valence-corrected chi connectivity index (χ3v) is 5.05. The van der Waals surface area contributed by atoms with Gasteiger partial charge in [0.1, 0.15) is 5.82 Å². The van der Waals surface area contributed by atoms with Gasteiger partial charge in [0.05, 0.1) is 22.5 Å². The summed E-state index contributed by atoms with van der Waals surface area (Å²) in [6, 6.07) is 12.1. The molecule has 0 spiro atoms. The molecule has 0 fully saturated rings. The van der Waals surface area contributed by atoms with E-state index in [2.05, 4.69) is 25.4 Å². The second kappa shape index (κ2) is 8.44. The van der Waals surface area contributed by atoms with Crippen LogP contribution in [0.3, 0.4) is 0 Å². The third kappa shape index (κ3) is 4.80. The Labute approximate surface area is 170 Å². The van der Waals surface area contributed by atoms with Crippen molar-refractivity contribution in [3.63, 3.8) is 0 Å². The second-order valence-electron chi connectivity index (χ2n) is 6.48. The van der Waals surface area contributed by atoms with Crippen LogP contribution in [-0.4, -0.2) is 26.0 Å². The van der Waals surface area contributed by atoms with E-state index in [1.807, 2.05) is 25.1 Å². The molecule has 1 amide bonds. The van der Waals surface area contributed by atoms with Crippen LogP contribution in [0, 0.1) is 12.7 Å². The Morgan fingerprint density at radius 3 is 2.97 bits per heavy atom. The number of nitrogens with one attached hydrogen (secondary N) is 2. The number of hydrogen-bond acceptors (Lipinski definition) is 6. The van der Waals surface area contributed by atoms with E-state index in [4.69, 9.17) is 4.52 Å². The van der Waals surface area contributed by atoms with Crippen LogP contribution in [0.2, 0.25) is 0 Å². The first-order valence-corrected chi connectivity index (χ1v) is 10.0. The lowest BCUT2D eigenvalue weighted by Crippen LogP contribution is -2.13. The van der Waals surface area contributed by atoms with E-state index in [0.29, 0.717) is 17.5 Å². The molecule has 4 aromatic rings. The third-order valence-electron chi connectivity index (χ3n) is 4.18. The molecule has 0 aliphatic carbocycles. The smallest absolute Gasteiger partial charge is 0.227 e. The standard InChI is InChI=1S/C20H18FN5O2S/c1-12-6-7-15-16(10-12)24-20(23-15)29-11-17-25-19(28-26-17)9-8-18(27)22-14-5-3-2-4-13(14)21/h2-7,10H,8-9,11H2,1H3,(H,22,27)(H,23,24). The van der Waals surface area contributed by atoms with E-state index >= 15 is 0 Å². The van der Waals surface area contributed by atoms with Crippen LogP contribution >= 0.6 is 11.8 Å². The fourth-order valence-corrected chi connectivity index (χ4v) is 3.48. The van der Waals surface area contributed by atoms with Crippen LogP contribution < -0.4 is 5.32 Å². The number of benzene rings is 2. The van der Waals surface area contributed by atoms with Gasteiger partial charge in [-0.3, -0.25) is 4.79 Å². The summed E-state index contributed by atoms with van der Waals surface area (Å²) in [6.07, 6.45) is 0.397. The Balaban J connectivity index is 1.29. The van der Waals surface area contributed by atoms with Crippen LogP contribution in [-0.2, 0) is 17.0 Å². The van der Waals surface area contributed by atoms with Crippen LogP contribution in [0.15, 0.2) is 52.1 Å². The number of nitrogens with zero attached hydrogens (tertiary/aromatic N) is 3. The molecule has 0 saturated heterocycles. The molecule has 0 aliphatic rings. The van der Waals surface area contributed by atoms with E-state index in [1.165, 1.54) is 29.5 Å². The summed E-state index contributed by atoms with van der Waals surface area (Å²) in [6.45, 7) is 2.03. The van der Waals surface area contributed by atoms with Crippen LogP contribution in [0.4, 0.5) is 10.1 Å². The number of imidazole rings is 1. The molecule has 0 saturated carbocycles. The number of halogens is 1. The molecule has 9 heteroatoms. The topological polar surface area (TPSA) is 96.7 Å². The summed E-state index contributed by atoms with van der Waals surface area (Å²) in [5, 5.41) is 7.24. The minimum atomic E-state index is -0.473. The molecule has 148 valence electrons. The predicted octanol–water partition coefficient (Wildman–Crippen LogP) is 4.26. The maximum atomic E-state index is 13.6. The van der Waals surface area contributed by atoms with Gasteiger partial charge in [-0.25, -0.2) is 9.37 Å². The highest BCUT2D eigenvalue weighted by Crippen LogP contribution is 2.23. The first-order valence-electron chi connectivity index (χ1n) is 9.02. The summed E-state index contributed by atoms with van der Waals surface area (Å²) < 4.78 is 18.8. The number of thioether (sulfide) groups is 1. The van der Waals surface area contributed by atoms with Crippen LogP contribution in [0.1, 0.15) is 23.7 Å². The molecular weight excluding hydrogens is 393 g/mol. The molecule has 0 atom stereocenters. The van der Waals surface area contributed by atoms with Crippen molar-refractivity contribution < 1.29 is 13.7 Å². The highest BCUT2D eigenvalue weighted by atomic mass is 32.2. The normalized spacial score (nSPS) is 11.1. The lowest BCUT2D eigenvalue weighted by atomic mass is 10.2.